The van der Waals surface area contributed by atoms with E-state index >= 15 is 0 Å². The second-order valence-electron chi connectivity index (χ2n) is 6.37. The summed E-state index contributed by atoms with van der Waals surface area (Å²) in [5.74, 6) is 1.07. The van der Waals surface area contributed by atoms with Crippen molar-refractivity contribution in [3.05, 3.63) is 79.7 Å². The highest BCUT2D eigenvalue weighted by molar-refractivity contribution is 8.15. The number of anilines is 1. The van der Waals surface area contributed by atoms with Crippen LogP contribution in [0, 0.1) is 0 Å². The van der Waals surface area contributed by atoms with Crippen LogP contribution in [0.25, 0.3) is 11.3 Å². The fraction of sp³-hybridized carbons (Fsp3) is 0.0952. The Morgan fingerprint density at radius 2 is 1.72 bits per heavy atom. The van der Waals surface area contributed by atoms with Gasteiger partial charge < -0.3 is 10.1 Å². The highest BCUT2D eigenvalue weighted by Crippen LogP contribution is 2.32. The third-order valence-electron chi connectivity index (χ3n) is 4.39. The zero-order chi connectivity index (χ0) is 19.5. The number of hydrogen-bond donors (Lipinski definition) is 1. The maximum absolute atomic E-state index is 5.96. The first-order chi connectivity index (χ1) is 14.3. The Hall–Kier alpha value is -3.52. The molecule has 1 N–H and O–H groups in total. The number of nitrogens with zero attached hydrogens (tertiary/aromatic N) is 5. The van der Waals surface area contributed by atoms with Crippen LogP contribution in [0.1, 0.15) is 0 Å². The van der Waals surface area contributed by atoms with Crippen LogP contribution < -0.4 is 10.1 Å². The second kappa shape index (κ2) is 7.84. The standard InChI is InChI=1S/C21H16N6OS/c1-2-4-18-17(3-1)27-21(29-18)26-15-5-7-16(8-6-15)28-20-19(24-9-10-25-20)14-11-22-13-23-12-14/h1-13,17-18H,(H,26,27). The molecule has 0 radical (unpaired) electrons. The Balaban J connectivity index is 1.30. The predicted octanol–water partition coefficient (Wildman–Crippen LogP) is 4.10. The lowest BCUT2D eigenvalue weighted by Crippen LogP contribution is -2.13. The molecule has 7 nitrogen and oxygen atoms in total. The van der Waals surface area contributed by atoms with E-state index in [9.17, 15) is 0 Å². The Morgan fingerprint density at radius 1 is 0.931 bits per heavy atom. The Kier molecular flexibility index (Phi) is 4.75. The lowest BCUT2D eigenvalue weighted by atomic mass is 10.1. The monoisotopic (exact) mass is 400 g/mol. The van der Waals surface area contributed by atoms with E-state index in [-0.39, 0.29) is 6.04 Å². The molecule has 2 unspecified atom stereocenters. The number of ether oxygens (including phenoxy) is 1. The van der Waals surface area contributed by atoms with Gasteiger partial charge in [-0.05, 0) is 24.3 Å². The largest absolute Gasteiger partial charge is 0.437 e. The molecule has 3 aromatic rings. The molecule has 142 valence electrons. The highest BCUT2D eigenvalue weighted by atomic mass is 32.2. The normalized spacial score (nSPS) is 19.5. The van der Waals surface area contributed by atoms with Crippen molar-refractivity contribution in [2.45, 2.75) is 11.3 Å². The van der Waals surface area contributed by atoms with E-state index in [1.807, 2.05) is 30.3 Å². The Labute approximate surface area is 171 Å². The van der Waals surface area contributed by atoms with Gasteiger partial charge >= 0.3 is 0 Å². The van der Waals surface area contributed by atoms with Crippen molar-refractivity contribution >= 4 is 22.6 Å². The smallest absolute Gasteiger partial charge is 0.246 e. The molecule has 1 aliphatic carbocycles. The van der Waals surface area contributed by atoms with Gasteiger partial charge in [-0.15, -0.1) is 0 Å². The van der Waals surface area contributed by atoms with Gasteiger partial charge in [0.25, 0.3) is 0 Å². The number of fused-ring (bicyclic) bond motifs is 1. The molecule has 8 heteroatoms. The number of rotatable bonds is 4. The summed E-state index contributed by atoms with van der Waals surface area (Å²) >= 11 is 1.74. The average Bonchev–Trinajstić information content (AvgIpc) is 3.18. The number of aromatic nitrogens is 4. The number of hydrogen-bond acceptors (Lipinski definition) is 8. The van der Waals surface area contributed by atoms with E-state index in [2.05, 4.69) is 43.5 Å². The summed E-state index contributed by atoms with van der Waals surface area (Å²) < 4.78 is 5.96. The van der Waals surface area contributed by atoms with Crippen molar-refractivity contribution in [3.8, 4) is 22.9 Å². The molecule has 0 spiro atoms. The van der Waals surface area contributed by atoms with Crippen LogP contribution in [0.15, 0.2) is 84.7 Å². The van der Waals surface area contributed by atoms with E-state index in [1.165, 1.54) is 6.33 Å². The van der Waals surface area contributed by atoms with Crippen molar-refractivity contribution < 1.29 is 4.74 Å². The predicted molar refractivity (Wildman–Crippen MR) is 114 cm³/mol. The first-order valence-corrected chi connectivity index (χ1v) is 9.94. The van der Waals surface area contributed by atoms with Gasteiger partial charge in [0.05, 0.1) is 11.3 Å². The molecule has 5 rings (SSSR count). The molecule has 0 saturated heterocycles. The molecule has 0 saturated carbocycles. The van der Waals surface area contributed by atoms with Crippen LogP contribution in [-0.2, 0) is 0 Å². The SMILES string of the molecule is C1=CC2N=C(Nc3ccc(Oc4nccnc4-c4cncnc4)cc3)SC2C=C1. The van der Waals surface area contributed by atoms with Crippen molar-refractivity contribution in [2.24, 2.45) is 4.99 Å². The van der Waals surface area contributed by atoms with Gasteiger partial charge in [0.2, 0.25) is 5.88 Å². The first-order valence-electron chi connectivity index (χ1n) is 9.06. The van der Waals surface area contributed by atoms with Crippen LogP contribution in [0.3, 0.4) is 0 Å². The van der Waals surface area contributed by atoms with Gasteiger partial charge in [-0.1, -0.05) is 36.1 Å². The summed E-state index contributed by atoms with van der Waals surface area (Å²) in [6.45, 7) is 0. The number of benzene rings is 1. The van der Waals surface area contributed by atoms with Crippen molar-refractivity contribution in [3.63, 3.8) is 0 Å². The molecule has 2 atom stereocenters. The molecular weight excluding hydrogens is 384 g/mol. The summed E-state index contributed by atoms with van der Waals surface area (Å²) in [6.07, 6.45) is 16.5. The van der Waals surface area contributed by atoms with E-state index in [1.54, 1.807) is 36.5 Å². The molecule has 2 aromatic heterocycles. The van der Waals surface area contributed by atoms with Gasteiger partial charge in [-0.2, -0.15) is 0 Å². The molecule has 1 aromatic carbocycles. The van der Waals surface area contributed by atoms with Crippen LogP contribution in [0.2, 0.25) is 0 Å². The molecule has 1 aliphatic heterocycles. The molecule has 0 fully saturated rings. The average molecular weight is 400 g/mol. The van der Waals surface area contributed by atoms with Crippen LogP contribution in [0.5, 0.6) is 11.6 Å². The van der Waals surface area contributed by atoms with Gasteiger partial charge in [0, 0.05) is 36.0 Å². The molecule has 0 amide bonds. The Morgan fingerprint density at radius 3 is 2.55 bits per heavy atom. The quantitative estimate of drug-likeness (QED) is 0.705. The fourth-order valence-electron chi connectivity index (χ4n) is 3.02. The van der Waals surface area contributed by atoms with Crippen molar-refractivity contribution in [2.75, 3.05) is 5.32 Å². The zero-order valence-corrected chi connectivity index (χ0v) is 16.0. The summed E-state index contributed by atoms with van der Waals surface area (Å²) in [4.78, 5) is 21.4. The minimum absolute atomic E-state index is 0.215. The minimum Gasteiger partial charge on any atom is -0.437 e. The summed E-state index contributed by atoms with van der Waals surface area (Å²) in [7, 11) is 0. The number of aliphatic imine (C=N–C) groups is 1. The second-order valence-corrected chi connectivity index (χ2v) is 7.53. The molecule has 29 heavy (non-hydrogen) atoms. The Bertz CT molecular complexity index is 1100. The van der Waals surface area contributed by atoms with Gasteiger partial charge in [0.15, 0.2) is 5.17 Å². The maximum Gasteiger partial charge on any atom is 0.246 e. The highest BCUT2D eigenvalue weighted by Gasteiger charge is 2.27. The van der Waals surface area contributed by atoms with Crippen molar-refractivity contribution in [1.82, 2.24) is 19.9 Å². The lowest BCUT2D eigenvalue weighted by Gasteiger charge is -2.11. The first kappa shape index (κ1) is 17.6. The fourth-order valence-corrected chi connectivity index (χ4v) is 4.10. The van der Waals surface area contributed by atoms with Crippen molar-refractivity contribution in [1.29, 1.82) is 0 Å². The molecule has 2 aliphatic rings. The van der Waals surface area contributed by atoms with E-state index in [0.29, 0.717) is 22.6 Å². The topological polar surface area (TPSA) is 85.2 Å². The summed E-state index contributed by atoms with van der Waals surface area (Å²) in [5, 5.41) is 4.67. The van der Waals surface area contributed by atoms with E-state index < -0.39 is 0 Å². The van der Waals surface area contributed by atoms with Crippen LogP contribution >= 0.6 is 11.8 Å². The third-order valence-corrected chi connectivity index (χ3v) is 5.53. The third kappa shape index (κ3) is 3.88. The van der Waals surface area contributed by atoms with Gasteiger partial charge in [-0.3, -0.25) is 4.99 Å². The van der Waals surface area contributed by atoms with Crippen LogP contribution in [0.4, 0.5) is 5.69 Å². The van der Waals surface area contributed by atoms with Crippen LogP contribution in [-0.4, -0.2) is 36.4 Å². The number of thioether (sulfide) groups is 1. The minimum atomic E-state index is 0.215. The number of nitrogens with one attached hydrogen (secondary N) is 1. The lowest BCUT2D eigenvalue weighted by molar-refractivity contribution is 0.462. The zero-order valence-electron chi connectivity index (χ0n) is 15.2. The van der Waals surface area contributed by atoms with Gasteiger partial charge in [-0.25, -0.2) is 19.9 Å². The summed E-state index contributed by atoms with van der Waals surface area (Å²) in [5.41, 5.74) is 2.29. The molecule has 3 heterocycles. The molecular formula is C21H16N6OS. The van der Waals surface area contributed by atoms with E-state index in [0.717, 1.165) is 16.4 Å². The summed E-state index contributed by atoms with van der Waals surface area (Å²) in [6, 6.07) is 7.89. The van der Waals surface area contributed by atoms with Gasteiger partial charge in [0.1, 0.15) is 17.8 Å². The number of allylic oxidation sites excluding steroid dienone is 2. The molecule has 0 bridgehead atoms. The van der Waals surface area contributed by atoms with E-state index in [4.69, 9.17) is 9.73 Å². The number of amidine groups is 1. The maximum atomic E-state index is 5.96.